The Kier molecular flexibility index (Phi) is 7.19. The zero-order valence-corrected chi connectivity index (χ0v) is 22.4. The van der Waals surface area contributed by atoms with Gasteiger partial charge in [-0.1, -0.05) is 44.5 Å². The van der Waals surface area contributed by atoms with Crippen molar-refractivity contribution >= 4 is 40.5 Å². The van der Waals surface area contributed by atoms with E-state index in [1.807, 2.05) is 45.0 Å². The number of likely N-dealkylation sites (tertiary alicyclic amines) is 1. The number of rotatable bonds is 10. The quantitative estimate of drug-likeness (QED) is 0.426. The van der Waals surface area contributed by atoms with E-state index in [-0.39, 0.29) is 42.2 Å². The number of fused-ring (bicyclic) bond motifs is 2. The van der Waals surface area contributed by atoms with Crippen LogP contribution in [0.25, 0.3) is 11.0 Å². The van der Waals surface area contributed by atoms with Gasteiger partial charge in [-0.3, -0.25) is 14.4 Å². The number of para-hydroxylation sites is 1. The summed E-state index contributed by atoms with van der Waals surface area (Å²) >= 11 is 1.64. The first-order valence-corrected chi connectivity index (χ1v) is 14.2. The number of carbonyl (C=O) groups is 3. The van der Waals surface area contributed by atoms with E-state index in [4.69, 9.17) is 0 Å². The second-order valence-electron chi connectivity index (χ2n) is 10.5. The normalized spacial score (nSPS) is 29.9. The van der Waals surface area contributed by atoms with Crippen molar-refractivity contribution in [2.45, 2.75) is 75.2 Å². The number of benzene rings is 1. The first-order chi connectivity index (χ1) is 17.9. The molecule has 0 aliphatic carbocycles. The second kappa shape index (κ2) is 10.2. The van der Waals surface area contributed by atoms with Crippen LogP contribution in [0.15, 0.2) is 24.3 Å². The first kappa shape index (κ1) is 26.0. The van der Waals surface area contributed by atoms with Gasteiger partial charge in [0.1, 0.15) is 18.2 Å². The lowest BCUT2D eigenvalue weighted by atomic mass is 9.70. The van der Waals surface area contributed by atoms with Crippen LogP contribution in [0.2, 0.25) is 0 Å². The lowest BCUT2D eigenvalue weighted by Gasteiger charge is -2.39. The number of hydrogen-bond acceptors (Lipinski definition) is 7. The van der Waals surface area contributed by atoms with Gasteiger partial charge in [0.05, 0.1) is 34.7 Å². The fourth-order valence-electron chi connectivity index (χ4n) is 6.51. The molecule has 3 N–H and O–H groups in total. The van der Waals surface area contributed by atoms with Gasteiger partial charge in [-0.2, -0.15) is 0 Å². The minimum Gasteiger partial charge on any atom is -0.394 e. The highest BCUT2D eigenvalue weighted by Crippen LogP contribution is 2.66. The van der Waals surface area contributed by atoms with Crippen molar-refractivity contribution in [3.63, 3.8) is 0 Å². The Morgan fingerprint density at radius 1 is 1.24 bits per heavy atom. The maximum Gasteiger partial charge on any atom is 0.245 e. The van der Waals surface area contributed by atoms with E-state index in [1.165, 1.54) is 0 Å². The molecular formula is C26H36N6O4S. The number of nitrogens with one attached hydrogen (secondary N) is 2. The molecule has 2 bridgehead atoms. The molecule has 11 heteroatoms. The van der Waals surface area contributed by atoms with Crippen LogP contribution in [-0.2, 0) is 21.1 Å². The summed E-state index contributed by atoms with van der Waals surface area (Å²) in [7, 11) is 0. The van der Waals surface area contributed by atoms with Gasteiger partial charge in [0.15, 0.2) is 0 Å². The molecular weight excluding hydrogens is 492 g/mol. The van der Waals surface area contributed by atoms with Crippen LogP contribution < -0.4 is 10.6 Å². The molecule has 5 rings (SSSR count). The summed E-state index contributed by atoms with van der Waals surface area (Å²) in [4.78, 5) is 43.0. The van der Waals surface area contributed by atoms with E-state index < -0.39 is 28.7 Å². The summed E-state index contributed by atoms with van der Waals surface area (Å²) < 4.78 is 0.938. The molecule has 3 amide bonds. The second-order valence-corrected chi connectivity index (χ2v) is 12.1. The predicted octanol–water partition coefficient (Wildman–Crippen LogP) is 1.53. The topological polar surface area (TPSA) is 129 Å². The summed E-state index contributed by atoms with van der Waals surface area (Å²) in [5, 5.41) is 24.7. The Balaban J connectivity index is 1.48. The SMILES string of the molecule is CCCNC(=O)[C@@H]1[C@H]2C(=O)N([C@@H](CO)[C@@H](C)CC)C(C(=O)NCn3nnc4ccccc43)C23CC[C@H]1S3. The Labute approximate surface area is 220 Å². The molecule has 2 unspecified atom stereocenters. The fourth-order valence-corrected chi connectivity index (χ4v) is 8.72. The Morgan fingerprint density at radius 3 is 2.76 bits per heavy atom. The van der Waals surface area contributed by atoms with Crippen molar-refractivity contribution in [2.24, 2.45) is 17.8 Å². The number of thioether (sulfide) groups is 1. The third-order valence-electron chi connectivity index (χ3n) is 8.51. The van der Waals surface area contributed by atoms with Crippen LogP contribution in [0.5, 0.6) is 0 Å². The summed E-state index contributed by atoms with van der Waals surface area (Å²) in [6, 6.07) is 6.24. The molecule has 1 aromatic carbocycles. The highest BCUT2D eigenvalue weighted by Gasteiger charge is 2.74. The number of hydrogen-bond donors (Lipinski definition) is 3. The van der Waals surface area contributed by atoms with Crippen LogP contribution >= 0.6 is 11.8 Å². The molecule has 1 spiro atoms. The van der Waals surface area contributed by atoms with E-state index in [2.05, 4.69) is 20.9 Å². The lowest BCUT2D eigenvalue weighted by Crippen LogP contribution is -2.58. The van der Waals surface area contributed by atoms with Gasteiger partial charge < -0.3 is 20.6 Å². The molecule has 3 saturated heterocycles. The maximum absolute atomic E-state index is 14.1. The molecule has 4 heterocycles. The number of carbonyl (C=O) groups excluding carboxylic acids is 3. The largest absolute Gasteiger partial charge is 0.394 e. The smallest absolute Gasteiger partial charge is 0.245 e. The Hall–Kier alpha value is -2.66. The van der Waals surface area contributed by atoms with Crippen molar-refractivity contribution in [2.75, 3.05) is 13.2 Å². The highest BCUT2D eigenvalue weighted by atomic mass is 32.2. The molecule has 2 aromatic rings. The molecule has 37 heavy (non-hydrogen) atoms. The van der Waals surface area contributed by atoms with Crippen molar-refractivity contribution in [1.29, 1.82) is 0 Å². The number of nitrogens with zero attached hydrogens (tertiary/aromatic N) is 4. The molecule has 0 radical (unpaired) electrons. The van der Waals surface area contributed by atoms with E-state index in [0.717, 1.165) is 30.3 Å². The average molecular weight is 529 g/mol. The molecule has 3 aliphatic heterocycles. The summed E-state index contributed by atoms with van der Waals surface area (Å²) in [6.07, 6.45) is 3.05. The van der Waals surface area contributed by atoms with Crippen LogP contribution in [0.3, 0.4) is 0 Å². The molecule has 1 aromatic heterocycles. The molecule has 200 valence electrons. The average Bonchev–Trinajstić information content (AvgIpc) is 3.66. The van der Waals surface area contributed by atoms with E-state index in [9.17, 15) is 19.5 Å². The summed E-state index contributed by atoms with van der Waals surface area (Å²) in [5.74, 6) is -1.61. The number of aliphatic hydroxyl groups excluding tert-OH is 1. The van der Waals surface area contributed by atoms with Crippen molar-refractivity contribution in [3.8, 4) is 0 Å². The highest BCUT2D eigenvalue weighted by molar-refractivity contribution is 8.02. The zero-order valence-electron chi connectivity index (χ0n) is 21.6. The number of amides is 3. The van der Waals surface area contributed by atoms with Gasteiger partial charge in [0, 0.05) is 11.8 Å². The number of aromatic nitrogens is 3. The van der Waals surface area contributed by atoms with Gasteiger partial charge in [-0.05, 0) is 37.3 Å². The van der Waals surface area contributed by atoms with Gasteiger partial charge in [-0.15, -0.1) is 16.9 Å². The van der Waals surface area contributed by atoms with E-state index in [0.29, 0.717) is 13.0 Å². The van der Waals surface area contributed by atoms with Gasteiger partial charge in [0.25, 0.3) is 0 Å². The van der Waals surface area contributed by atoms with Gasteiger partial charge in [-0.25, -0.2) is 4.68 Å². The maximum atomic E-state index is 14.1. The van der Waals surface area contributed by atoms with Gasteiger partial charge >= 0.3 is 0 Å². The molecule has 3 fully saturated rings. The fraction of sp³-hybridized carbons (Fsp3) is 0.654. The van der Waals surface area contributed by atoms with Gasteiger partial charge in [0.2, 0.25) is 17.7 Å². The zero-order chi connectivity index (χ0) is 26.3. The lowest BCUT2D eigenvalue weighted by molar-refractivity contribution is -0.144. The molecule has 3 aliphatic rings. The summed E-state index contributed by atoms with van der Waals surface area (Å²) in [6.45, 7) is 6.44. The predicted molar refractivity (Wildman–Crippen MR) is 140 cm³/mol. The molecule has 10 nitrogen and oxygen atoms in total. The van der Waals surface area contributed by atoms with Crippen molar-refractivity contribution in [1.82, 2.24) is 30.5 Å². The molecule has 0 saturated carbocycles. The van der Waals surface area contributed by atoms with Crippen LogP contribution in [0.4, 0.5) is 0 Å². The number of aliphatic hydroxyl groups is 1. The van der Waals surface area contributed by atoms with Crippen LogP contribution in [0.1, 0.15) is 46.5 Å². The standard InChI is InChI=1S/C26H36N6O4S/c1-4-12-27-23(34)20-19-10-11-26(37-19)21(20)25(36)32(18(13-33)15(3)5-2)22(26)24(35)28-14-31-17-9-7-6-8-16(17)29-30-31/h6-9,15,18-22,33H,4-5,10-14H2,1-3H3,(H,27,34)(H,28,35)/t15-,18-,19+,20-,21-,22?,26?/m0/s1. The van der Waals surface area contributed by atoms with Crippen LogP contribution in [0, 0.1) is 17.8 Å². The van der Waals surface area contributed by atoms with E-state index >= 15 is 0 Å². The van der Waals surface area contributed by atoms with Crippen molar-refractivity contribution < 1.29 is 19.5 Å². The molecule has 7 atom stereocenters. The minimum absolute atomic E-state index is 0.00620. The Bertz CT molecular complexity index is 1190. The monoisotopic (exact) mass is 528 g/mol. The third kappa shape index (κ3) is 4.10. The van der Waals surface area contributed by atoms with E-state index in [1.54, 1.807) is 21.3 Å². The first-order valence-electron chi connectivity index (χ1n) is 13.3. The minimum atomic E-state index is -0.773. The summed E-state index contributed by atoms with van der Waals surface area (Å²) in [5.41, 5.74) is 1.53. The Morgan fingerprint density at radius 2 is 2.03 bits per heavy atom. The van der Waals surface area contributed by atoms with Crippen molar-refractivity contribution in [3.05, 3.63) is 24.3 Å². The van der Waals surface area contributed by atoms with Crippen LogP contribution in [-0.4, -0.2) is 78.0 Å². The third-order valence-corrected chi connectivity index (χ3v) is 10.5.